The number of guanidine groups is 1. The fourth-order valence-electron chi connectivity index (χ4n) is 2.40. The Morgan fingerprint density at radius 1 is 1.22 bits per heavy atom. The number of aliphatic imine (C=N–C) groups is 1. The molecule has 7 heteroatoms. The Balaban J connectivity index is 0.00000364. The molecule has 2 rings (SSSR count). The monoisotopic (exact) mass is 502 g/mol. The minimum atomic E-state index is 0. The van der Waals surface area contributed by atoms with Crippen LogP contribution in [-0.4, -0.2) is 31.1 Å². The lowest BCUT2D eigenvalue weighted by Crippen LogP contribution is -2.37. The van der Waals surface area contributed by atoms with Crippen LogP contribution in [0.4, 0.5) is 0 Å². The molecule has 0 radical (unpaired) electrons. The molecule has 1 heterocycles. The average Bonchev–Trinajstić information content (AvgIpc) is 3.08. The van der Waals surface area contributed by atoms with E-state index in [0.29, 0.717) is 13.2 Å². The van der Waals surface area contributed by atoms with Crippen molar-refractivity contribution < 1.29 is 4.74 Å². The summed E-state index contributed by atoms with van der Waals surface area (Å²) in [7, 11) is 1.78. The first-order valence-electron chi connectivity index (χ1n) is 9.04. The summed E-state index contributed by atoms with van der Waals surface area (Å²) >= 11 is 1.73. The first kappa shape index (κ1) is 23.7. The fraction of sp³-hybridized carbons (Fsp3) is 0.500. The van der Waals surface area contributed by atoms with E-state index < -0.39 is 0 Å². The summed E-state index contributed by atoms with van der Waals surface area (Å²) in [5.74, 6) is 1.69. The van der Waals surface area contributed by atoms with Gasteiger partial charge in [0.15, 0.2) is 5.96 Å². The van der Waals surface area contributed by atoms with E-state index in [1.807, 2.05) is 25.1 Å². The number of nitrogens with one attached hydrogen (secondary N) is 2. The molecule has 0 aliphatic rings. The fourth-order valence-corrected chi connectivity index (χ4v) is 3.43. The van der Waals surface area contributed by atoms with Crippen molar-refractivity contribution in [3.63, 3.8) is 0 Å². The zero-order chi connectivity index (χ0) is 19.0. The molecule has 1 aromatic heterocycles. The maximum atomic E-state index is 5.66. The van der Waals surface area contributed by atoms with Crippen molar-refractivity contribution in [3.05, 3.63) is 45.9 Å². The molecule has 150 valence electrons. The first-order valence-corrected chi connectivity index (χ1v) is 9.92. The number of hydrogen-bond acceptors (Lipinski definition) is 4. The number of thiazole rings is 1. The van der Waals surface area contributed by atoms with Crippen molar-refractivity contribution in [1.82, 2.24) is 15.6 Å². The Labute approximate surface area is 184 Å². The SMILES string of the molecule is CCOc1ccccc1CNC(=NC)NCCc1nc(C(C)(C)C)cs1.I. The van der Waals surface area contributed by atoms with Crippen molar-refractivity contribution in [2.45, 2.75) is 46.1 Å². The van der Waals surface area contributed by atoms with Crippen LogP contribution in [0.1, 0.15) is 44.0 Å². The van der Waals surface area contributed by atoms with Crippen molar-refractivity contribution in [2.24, 2.45) is 4.99 Å². The summed E-state index contributed by atoms with van der Waals surface area (Å²) in [5.41, 5.74) is 2.38. The lowest BCUT2D eigenvalue weighted by Gasteiger charge is -2.14. The van der Waals surface area contributed by atoms with E-state index in [-0.39, 0.29) is 29.4 Å². The van der Waals surface area contributed by atoms with E-state index >= 15 is 0 Å². The van der Waals surface area contributed by atoms with Crippen LogP contribution in [0.25, 0.3) is 0 Å². The van der Waals surface area contributed by atoms with Gasteiger partial charge in [0.25, 0.3) is 0 Å². The lowest BCUT2D eigenvalue weighted by molar-refractivity contribution is 0.336. The molecule has 0 saturated heterocycles. The molecule has 0 atom stereocenters. The Hall–Kier alpha value is -1.35. The second-order valence-corrected chi connectivity index (χ2v) is 7.96. The minimum absolute atomic E-state index is 0. The molecule has 1 aromatic carbocycles. The highest BCUT2D eigenvalue weighted by Crippen LogP contribution is 2.23. The van der Waals surface area contributed by atoms with Crippen LogP contribution in [0.5, 0.6) is 5.75 Å². The number of para-hydroxylation sites is 1. The van der Waals surface area contributed by atoms with E-state index in [9.17, 15) is 0 Å². The number of halogens is 1. The van der Waals surface area contributed by atoms with Crippen LogP contribution in [0.2, 0.25) is 0 Å². The van der Waals surface area contributed by atoms with E-state index in [2.05, 4.69) is 47.8 Å². The van der Waals surface area contributed by atoms with Crippen LogP contribution < -0.4 is 15.4 Å². The third-order valence-electron chi connectivity index (χ3n) is 3.89. The van der Waals surface area contributed by atoms with Gasteiger partial charge in [0.05, 0.1) is 17.3 Å². The maximum absolute atomic E-state index is 5.66. The molecule has 0 fully saturated rings. The molecule has 2 N–H and O–H groups in total. The Kier molecular flexibility index (Phi) is 10.1. The zero-order valence-corrected chi connectivity index (χ0v) is 20.0. The lowest BCUT2D eigenvalue weighted by atomic mass is 9.93. The van der Waals surface area contributed by atoms with Crippen molar-refractivity contribution in [3.8, 4) is 5.75 Å². The van der Waals surface area contributed by atoms with Gasteiger partial charge in [-0.1, -0.05) is 39.0 Å². The molecular weight excluding hydrogens is 471 g/mol. The topological polar surface area (TPSA) is 58.5 Å². The van der Waals surface area contributed by atoms with Crippen molar-refractivity contribution in [1.29, 1.82) is 0 Å². The number of rotatable bonds is 7. The van der Waals surface area contributed by atoms with Crippen molar-refractivity contribution in [2.75, 3.05) is 20.2 Å². The smallest absolute Gasteiger partial charge is 0.191 e. The standard InChI is InChI=1S/C20H30N4OS.HI/c1-6-25-16-10-8-7-9-15(16)13-23-19(21-5)22-12-11-18-24-17(14-26-18)20(2,3)4;/h7-10,14H,6,11-13H2,1-5H3,(H2,21,22,23);1H. The van der Waals surface area contributed by atoms with Gasteiger partial charge < -0.3 is 15.4 Å². The van der Waals surface area contributed by atoms with Gasteiger partial charge >= 0.3 is 0 Å². The quantitative estimate of drug-likeness (QED) is 0.336. The second kappa shape index (κ2) is 11.5. The van der Waals surface area contributed by atoms with E-state index in [4.69, 9.17) is 9.72 Å². The Bertz CT molecular complexity index is 725. The molecule has 0 aliphatic heterocycles. The van der Waals surface area contributed by atoms with Crippen LogP contribution in [0.3, 0.4) is 0 Å². The number of aromatic nitrogens is 1. The molecular formula is C20H31IN4OS. The molecule has 0 amide bonds. The predicted octanol–water partition coefficient (Wildman–Crippen LogP) is 4.37. The molecule has 0 unspecified atom stereocenters. The van der Waals surface area contributed by atoms with Gasteiger partial charge in [-0.3, -0.25) is 4.99 Å². The molecule has 0 saturated carbocycles. The third-order valence-corrected chi connectivity index (χ3v) is 4.80. The van der Waals surface area contributed by atoms with Gasteiger partial charge in [-0.2, -0.15) is 0 Å². The van der Waals surface area contributed by atoms with E-state index in [1.165, 1.54) is 0 Å². The summed E-state index contributed by atoms with van der Waals surface area (Å²) in [6.07, 6.45) is 0.886. The summed E-state index contributed by atoms with van der Waals surface area (Å²) < 4.78 is 5.66. The molecule has 27 heavy (non-hydrogen) atoms. The van der Waals surface area contributed by atoms with Gasteiger partial charge in [-0.25, -0.2) is 4.98 Å². The third kappa shape index (κ3) is 7.65. The molecule has 2 aromatic rings. The highest BCUT2D eigenvalue weighted by atomic mass is 127. The van der Waals surface area contributed by atoms with Gasteiger partial charge in [0.1, 0.15) is 5.75 Å². The van der Waals surface area contributed by atoms with Gasteiger partial charge in [0.2, 0.25) is 0 Å². The molecule has 0 aliphatic carbocycles. The van der Waals surface area contributed by atoms with Crippen LogP contribution in [-0.2, 0) is 18.4 Å². The van der Waals surface area contributed by atoms with E-state index in [0.717, 1.165) is 40.9 Å². The van der Waals surface area contributed by atoms with E-state index in [1.54, 1.807) is 18.4 Å². The average molecular weight is 502 g/mol. The zero-order valence-electron chi connectivity index (χ0n) is 16.8. The summed E-state index contributed by atoms with van der Waals surface area (Å²) in [6, 6.07) is 8.06. The number of nitrogens with zero attached hydrogens (tertiary/aromatic N) is 2. The summed E-state index contributed by atoms with van der Waals surface area (Å²) in [4.78, 5) is 9.02. The summed E-state index contributed by atoms with van der Waals surface area (Å²) in [6.45, 7) is 10.7. The minimum Gasteiger partial charge on any atom is -0.494 e. The van der Waals surface area contributed by atoms with Crippen LogP contribution in [0, 0.1) is 0 Å². The second-order valence-electron chi connectivity index (χ2n) is 7.02. The normalized spacial score (nSPS) is 11.7. The first-order chi connectivity index (χ1) is 12.4. The molecule has 5 nitrogen and oxygen atoms in total. The summed E-state index contributed by atoms with van der Waals surface area (Å²) in [5, 5.41) is 10.0. The highest BCUT2D eigenvalue weighted by Gasteiger charge is 2.17. The van der Waals surface area contributed by atoms with Crippen molar-refractivity contribution >= 4 is 41.3 Å². The van der Waals surface area contributed by atoms with Crippen LogP contribution >= 0.6 is 35.3 Å². The number of hydrogen-bond donors (Lipinski definition) is 2. The molecule has 0 bridgehead atoms. The maximum Gasteiger partial charge on any atom is 0.191 e. The molecule has 0 spiro atoms. The highest BCUT2D eigenvalue weighted by molar-refractivity contribution is 14.0. The number of benzene rings is 1. The Morgan fingerprint density at radius 2 is 1.96 bits per heavy atom. The number of ether oxygens (including phenoxy) is 1. The van der Waals surface area contributed by atoms with Gasteiger partial charge in [-0.15, -0.1) is 35.3 Å². The predicted molar refractivity (Wildman–Crippen MR) is 126 cm³/mol. The largest absolute Gasteiger partial charge is 0.494 e. The Morgan fingerprint density at radius 3 is 2.59 bits per heavy atom. The van der Waals surface area contributed by atoms with Crippen LogP contribution in [0.15, 0.2) is 34.6 Å². The van der Waals surface area contributed by atoms with Gasteiger partial charge in [-0.05, 0) is 13.0 Å². The van der Waals surface area contributed by atoms with Gasteiger partial charge in [0, 0.05) is 42.9 Å².